The van der Waals surface area contributed by atoms with Crippen LogP contribution in [0.3, 0.4) is 0 Å². The molecule has 120 valence electrons. The van der Waals surface area contributed by atoms with Gasteiger partial charge in [-0.2, -0.15) is 0 Å². The molecule has 0 saturated heterocycles. The fourth-order valence-electron chi connectivity index (χ4n) is 1.97. The van der Waals surface area contributed by atoms with E-state index in [0.29, 0.717) is 0 Å². The number of esters is 1. The smallest absolute Gasteiger partial charge is 0.337 e. The second-order valence-corrected chi connectivity index (χ2v) is 5.18. The lowest BCUT2D eigenvalue weighted by Gasteiger charge is -2.31. The van der Waals surface area contributed by atoms with Gasteiger partial charge in [-0.15, -0.1) is 0 Å². The van der Waals surface area contributed by atoms with Crippen molar-refractivity contribution in [3.8, 4) is 0 Å². The summed E-state index contributed by atoms with van der Waals surface area (Å²) < 4.78 is 4.61. The van der Waals surface area contributed by atoms with Gasteiger partial charge in [0.15, 0.2) is 0 Å². The summed E-state index contributed by atoms with van der Waals surface area (Å²) in [5.74, 6) is -2.22. The molecule has 0 aliphatic carbocycles. The van der Waals surface area contributed by atoms with Crippen LogP contribution in [0.25, 0.3) is 0 Å². The quantitative estimate of drug-likeness (QED) is 0.617. The van der Waals surface area contributed by atoms with Crippen LogP contribution >= 0.6 is 0 Å². The van der Waals surface area contributed by atoms with E-state index in [1.54, 1.807) is 0 Å². The summed E-state index contributed by atoms with van der Waals surface area (Å²) in [5.41, 5.74) is -2.26. The van der Waals surface area contributed by atoms with Crippen LogP contribution in [-0.2, 0) is 19.9 Å². The Balaban J connectivity index is 3.49. The van der Waals surface area contributed by atoms with Crippen molar-refractivity contribution in [3.05, 3.63) is 35.4 Å². The number of amides is 2. The standard InChI is InChI=1S/C15H20N2O5/c1-16(2)13(19)15(21,14(20)17(3)4)11-8-6-7-10(9-11)12(18)22-5/h6-9,21H,1-5H3. The van der Waals surface area contributed by atoms with Gasteiger partial charge < -0.3 is 19.6 Å². The van der Waals surface area contributed by atoms with E-state index in [0.717, 1.165) is 9.80 Å². The number of nitrogens with zero attached hydrogens (tertiary/aromatic N) is 2. The fourth-order valence-corrected chi connectivity index (χ4v) is 1.97. The zero-order chi connectivity index (χ0) is 17.1. The number of ether oxygens (including phenoxy) is 1. The topological polar surface area (TPSA) is 87.1 Å². The van der Waals surface area contributed by atoms with Gasteiger partial charge in [-0.3, -0.25) is 9.59 Å². The minimum atomic E-state index is -2.41. The highest BCUT2D eigenvalue weighted by Crippen LogP contribution is 2.26. The molecule has 0 fully saturated rings. The molecule has 7 heteroatoms. The van der Waals surface area contributed by atoms with Crippen LogP contribution in [0.15, 0.2) is 24.3 Å². The first-order valence-corrected chi connectivity index (χ1v) is 6.51. The highest BCUT2D eigenvalue weighted by molar-refractivity contribution is 6.08. The van der Waals surface area contributed by atoms with Crippen molar-refractivity contribution in [2.45, 2.75) is 5.60 Å². The van der Waals surface area contributed by atoms with E-state index >= 15 is 0 Å². The molecule has 0 unspecified atom stereocenters. The third-order valence-corrected chi connectivity index (χ3v) is 3.13. The van der Waals surface area contributed by atoms with E-state index in [2.05, 4.69) is 4.74 Å². The third-order valence-electron chi connectivity index (χ3n) is 3.13. The lowest BCUT2D eigenvalue weighted by Crippen LogP contribution is -2.54. The predicted octanol–water partition coefficient (Wildman–Crippen LogP) is -0.163. The summed E-state index contributed by atoms with van der Waals surface area (Å²) in [6, 6.07) is 5.62. The molecule has 0 spiro atoms. The van der Waals surface area contributed by atoms with Crippen molar-refractivity contribution < 1.29 is 24.2 Å². The van der Waals surface area contributed by atoms with Gasteiger partial charge in [-0.05, 0) is 12.1 Å². The van der Waals surface area contributed by atoms with Gasteiger partial charge in [0.2, 0.25) is 5.60 Å². The zero-order valence-electron chi connectivity index (χ0n) is 13.3. The molecule has 0 bridgehead atoms. The molecule has 1 rings (SSSR count). The summed E-state index contributed by atoms with van der Waals surface area (Å²) >= 11 is 0. The molecule has 0 radical (unpaired) electrons. The Kier molecular flexibility index (Phi) is 5.27. The number of carbonyl (C=O) groups is 3. The Morgan fingerprint density at radius 1 is 1.05 bits per heavy atom. The average Bonchev–Trinajstić information content (AvgIpc) is 2.51. The van der Waals surface area contributed by atoms with Crippen LogP contribution in [0.5, 0.6) is 0 Å². The largest absolute Gasteiger partial charge is 0.465 e. The molecular weight excluding hydrogens is 288 g/mol. The van der Waals surface area contributed by atoms with Crippen LogP contribution in [-0.4, -0.2) is 68.0 Å². The van der Waals surface area contributed by atoms with Crippen molar-refractivity contribution in [3.63, 3.8) is 0 Å². The Labute approximate surface area is 129 Å². The maximum Gasteiger partial charge on any atom is 0.337 e. The summed E-state index contributed by atoms with van der Waals surface area (Å²) in [5, 5.41) is 10.8. The summed E-state index contributed by atoms with van der Waals surface area (Å²) in [6.07, 6.45) is 0. The second-order valence-electron chi connectivity index (χ2n) is 5.18. The molecule has 1 aromatic carbocycles. The van der Waals surface area contributed by atoms with Crippen LogP contribution in [0.1, 0.15) is 15.9 Å². The third kappa shape index (κ3) is 3.09. The Morgan fingerprint density at radius 2 is 1.55 bits per heavy atom. The Bertz CT molecular complexity index is 575. The van der Waals surface area contributed by atoms with Gasteiger partial charge >= 0.3 is 5.97 Å². The monoisotopic (exact) mass is 308 g/mol. The first-order chi connectivity index (χ1) is 10.2. The molecule has 0 aliphatic heterocycles. The lowest BCUT2D eigenvalue weighted by molar-refractivity contribution is -0.165. The van der Waals surface area contributed by atoms with Crippen molar-refractivity contribution in [2.75, 3.05) is 35.3 Å². The average molecular weight is 308 g/mol. The zero-order valence-corrected chi connectivity index (χ0v) is 13.3. The van der Waals surface area contributed by atoms with Gasteiger partial charge in [0.05, 0.1) is 12.7 Å². The van der Waals surface area contributed by atoms with Crippen LogP contribution in [0.4, 0.5) is 0 Å². The van der Waals surface area contributed by atoms with Crippen molar-refractivity contribution in [1.82, 2.24) is 9.80 Å². The first kappa shape index (κ1) is 17.6. The van der Waals surface area contributed by atoms with Crippen LogP contribution < -0.4 is 0 Å². The number of hydrogen-bond acceptors (Lipinski definition) is 5. The van der Waals surface area contributed by atoms with Crippen molar-refractivity contribution in [1.29, 1.82) is 0 Å². The predicted molar refractivity (Wildman–Crippen MR) is 79.1 cm³/mol. The highest BCUT2D eigenvalue weighted by atomic mass is 16.5. The second kappa shape index (κ2) is 6.57. The molecule has 1 N–H and O–H groups in total. The number of rotatable bonds is 4. The van der Waals surface area contributed by atoms with E-state index in [9.17, 15) is 19.5 Å². The summed E-state index contributed by atoms with van der Waals surface area (Å²) in [4.78, 5) is 38.6. The van der Waals surface area contributed by atoms with Crippen molar-refractivity contribution >= 4 is 17.8 Å². The molecular formula is C15H20N2O5. The van der Waals surface area contributed by atoms with Gasteiger partial charge in [0, 0.05) is 33.8 Å². The molecule has 0 aliphatic rings. The molecule has 0 atom stereocenters. The molecule has 22 heavy (non-hydrogen) atoms. The van der Waals surface area contributed by atoms with Crippen molar-refractivity contribution in [2.24, 2.45) is 0 Å². The van der Waals surface area contributed by atoms with E-state index in [-0.39, 0.29) is 11.1 Å². The summed E-state index contributed by atoms with van der Waals surface area (Å²) in [7, 11) is 6.94. The van der Waals surface area contributed by atoms with E-state index in [1.165, 1.54) is 59.6 Å². The summed E-state index contributed by atoms with van der Waals surface area (Å²) in [6.45, 7) is 0. The number of carbonyl (C=O) groups excluding carboxylic acids is 3. The maximum absolute atomic E-state index is 12.4. The number of hydrogen-bond donors (Lipinski definition) is 1. The highest BCUT2D eigenvalue weighted by Gasteiger charge is 2.48. The molecule has 1 aromatic rings. The lowest BCUT2D eigenvalue weighted by atomic mass is 9.89. The van der Waals surface area contributed by atoms with Crippen LogP contribution in [0.2, 0.25) is 0 Å². The first-order valence-electron chi connectivity index (χ1n) is 6.51. The van der Waals surface area contributed by atoms with Gasteiger partial charge in [0.25, 0.3) is 11.8 Å². The molecule has 0 heterocycles. The molecule has 0 aromatic heterocycles. The number of methoxy groups -OCH3 is 1. The van der Waals surface area contributed by atoms with Gasteiger partial charge in [0.1, 0.15) is 0 Å². The minimum absolute atomic E-state index is 0.00722. The van der Waals surface area contributed by atoms with E-state index in [4.69, 9.17) is 0 Å². The maximum atomic E-state index is 12.4. The van der Waals surface area contributed by atoms with Gasteiger partial charge in [-0.25, -0.2) is 4.79 Å². The van der Waals surface area contributed by atoms with Gasteiger partial charge in [-0.1, -0.05) is 12.1 Å². The molecule has 0 saturated carbocycles. The fraction of sp³-hybridized carbons (Fsp3) is 0.400. The normalized spacial score (nSPS) is 10.8. The van der Waals surface area contributed by atoms with Crippen LogP contribution in [0, 0.1) is 0 Å². The van der Waals surface area contributed by atoms with E-state index in [1.807, 2.05) is 0 Å². The van der Waals surface area contributed by atoms with E-state index < -0.39 is 23.4 Å². The number of likely N-dealkylation sites (N-methyl/N-ethyl adjacent to an activating group) is 2. The number of aliphatic hydroxyl groups is 1. The minimum Gasteiger partial charge on any atom is -0.465 e. The molecule has 2 amide bonds. The number of benzene rings is 1. The SMILES string of the molecule is COC(=O)c1cccc(C(O)(C(=O)N(C)C)C(=O)N(C)C)c1. The Hall–Kier alpha value is -2.41. The Morgan fingerprint density at radius 3 is 1.95 bits per heavy atom. The molecule has 7 nitrogen and oxygen atoms in total.